The van der Waals surface area contributed by atoms with E-state index in [1.165, 1.54) is 11.7 Å². The van der Waals surface area contributed by atoms with E-state index < -0.39 is 17.8 Å². The third-order valence-electron chi connectivity index (χ3n) is 5.28. The van der Waals surface area contributed by atoms with Crippen molar-refractivity contribution in [2.75, 3.05) is 14.2 Å². The summed E-state index contributed by atoms with van der Waals surface area (Å²) in [4.78, 5) is 24.8. The zero-order valence-electron chi connectivity index (χ0n) is 14.0. The van der Waals surface area contributed by atoms with Crippen molar-refractivity contribution in [2.45, 2.75) is 25.0 Å². The molecule has 132 valence electrons. The summed E-state index contributed by atoms with van der Waals surface area (Å²) >= 11 is 0. The zero-order valence-corrected chi connectivity index (χ0v) is 14.0. The molecule has 0 unspecified atom stereocenters. The summed E-state index contributed by atoms with van der Waals surface area (Å²) in [6.07, 6.45) is 2.39. The van der Waals surface area contributed by atoms with Crippen LogP contribution in [0.1, 0.15) is 17.6 Å². The molecule has 2 aliphatic heterocycles. The van der Waals surface area contributed by atoms with Crippen LogP contribution in [0, 0.1) is 11.8 Å². The fourth-order valence-corrected chi connectivity index (χ4v) is 4.12. The van der Waals surface area contributed by atoms with Gasteiger partial charge in [0, 0.05) is 17.6 Å². The molecular formula is C18H19NO6. The molecule has 2 aromatic rings. The summed E-state index contributed by atoms with van der Waals surface area (Å²) in [5.41, 5.74) is 0.662. The number of carboxylic acids is 1. The lowest BCUT2D eigenvalue weighted by atomic mass is 9.78. The van der Waals surface area contributed by atoms with Gasteiger partial charge in [-0.2, -0.15) is 0 Å². The van der Waals surface area contributed by atoms with Gasteiger partial charge in [0.1, 0.15) is 0 Å². The number of aromatic nitrogens is 1. The number of nitrogens with zero attached hydrogens (tertiary/aromatic N) is 1. The number of carboxylic acid groups (broad SMARTS) is 1. The highest BCUT2D eigenvalue weighted by Gasteiger charge is 2.55. The lowest BCUT2D eigenvalue weighted by Crippen LogP contribution is -2.40. The van der Waals surface area contributed by atoms with E-state index in [0.717, 1.165) is 11.8 Å². The van der Waals surface area contributed by atoms with E-state index in [9.17, 15) is 14.7 Å². The molecule has 7 nitrogen and oxygen atoms in total. The quantitative estimate of drug-likeness (QED) is 0.914. The lowest BCUT2D eigenvalue weighted by Gasteiger charge is -2.24. The van der Waals surface area contributed by atoms with Crippen molar-refractivity contribution in [3.05, 3.63) is 24.4 Å². The average Bonchev–Trinajstić information content (AvgIpc) is 3.32. The van der Waals surface area contributed by atoms with Crippen LogP contribution in [0.4, 0.5) is 0 Å². The van der Waals surface area contributed by atoms with Crippen LogP contribution in [-0.2, 0) is 9.53 Å². The van der Waals surface area contributed by atoms with Crippen molar-refractivity contribution < 1.29 is 28.9 Å². The van der Waals surface area contributed by atoms with Gasteiger partial charge < -0.3 is 19.3 Å². The largest absolute Gasteiger partial charge is 0.493 e. The topological polar surface area (TPSA) is 87.0 Å². The zero-order chi connectivity index (χ0) is 17.7. The minimum absolute atomic E-state index is 0.248. The Kier molecular flexibility index (Phi) is 3.68. The number of rotatable bonds is 4. The highest BCUT2D eigenvalue weighted by molar-refractivity contribution is 5.97. The Hall–Kier alpha value is -2.54. The Labute approximate surface area is 144 Å². The van der Waals surface area contributed by atoms with Crippen molar-refractivity contribution in [3.8, 4) is 11.5 Å². The van der Waals surface area contributed by atoms with Crippen LogP contribution < -0.4 is 9.47 Å². The second-order valence-corrected chi connectivity index (χ2v) is 6.47. The highest BCUT2D eigenvalue weighted by atomic mass is 16.5. The van der Waals surface area contributed by atoms with E-state index >= 15 is 0 Å². The normalized spacial score (nSPS) is 27.6. The molecule has 0 radical (unpaired) electrons. The summed E-state index contributed by atoms with van der Waals surface area (Å²) in [5.74, 6) is -1.58. The van der Waals surface area contributed by atoms with E-state index in [4.69, 9.17) is 14.2 Å². The molecule has 2 aliphatic rings. The van der Waals surface area contributed by atoms with Crippen LogP contribution in [-0.4, -0.2) is 48.0 Å². The second-order valence-electron chi connectivity index (χ2n) is 6.47. The minimum atomic E-state index is -0.971. The maximum absolute atomic E-state index is 13.1. The molecule has 7 heteroatoms. The Morgan fingerprint density at radius 1 is 1.12 bits per heavy atom. The first-order valence-electron chi connectivity index (χ1n) is 8.20. The summed E-state index contributed by atoms with van der Waals surface area (Å²) in [6.45, 7) is 0. The number of carbonyl (C=O) groups excluding carboxylic acids is 1. The third kappa shape index (κ3) is 2.30. The molecule has 1 aromatic heterocycles. The smallest absolute Gasteiger partial charge is 0.310 e. The molecule has 2 fully saturated rings. The van der Waals surface area contributed by atoms with E-state index in [2.05, 4.69) is 0 Å². The van der Waals surface area contributed by atoms with Gasteiger partial charge in [0.25, 0.3) is 0 Å². The minimum Gasteiger partial charge on any atom is -0.493 e. The predicted octanol–water partition coefficient (Wildman–Crippen LogP) is 2.18. The lowest BCUT2D eigenvalue weighted by molar-refractivity contribution is -0.144. The first-order valence-corrected chi connectivity index (χ1v) is 8.20. The Balaban J connectivity index is 1.76. The first kappa shape index (κ1) is 16.0. The summed E-state index contributed by atoms with van der Waals surface area (Å²) in [7, 11) is 3.08. The molecule has 1 N–H and O–H groups in total. The fraction of sp³-hybridized carbons (Fsp3) is 0.444. The second kappa shape index (κ2) is 5.77. The molecule has 2 bridgehead atoms. The summed E-state index contributed by atoms with van der Waals surface area (Å²) in [5, 5.41) is 10.4. The van der Waals surface area contributed by atoms with Gasteiger partial charge in [0.2, 0.25) is 5.91 Å². The molecule has 4 atom stereocenters. The molecule has 2 saturated heterocycles. The number of ether oxygens (including phenoxy) is 3. The SMILES string of the molecule is COc1cc2ccn(C(=O)[C@H]3[C@@H](C(=O)O)[C@@H]4CC[C@H]3O4)c2cc1OC. The summed E-state index contributed by atoms with van der Waals surface area (Å²) in [6, 6.07) is 5.33. The molecule has 0 spiro atoms. The highest BCUT2D eigenvalue weighted by Crippen LogP contribution is 2.45. The van der Waals surface area contributed by atoms with Gasteiger partial charge in [-0.1, -0.05) is 0 Å². The number of hydrogen-bond acceptors (Lipinski definition) is 5. The third-order valence-corrected chi connectivity index (χ3v) is 5.28. The van der Waals surface area contributed by atoms with Gasteiger partial charge in [0.05, 0.1) is 43.8 Å². The first-order chi connectivity index (χ1) is 12.0. The molecule has 1 aromatic carbocycles. The summed E-state index contributed by atoms with van der Waals surface area (Å²) < 4.78 is 17.8. The molecular weight excluding hydrogens is 326 g/mol. The van der Waals surface area contributed by atoms with Crippen molar-refractivity contribution in [2.24, 2.45) is 11.8 Å². The maximum Gasteiger partial charge on any atom is 0.310 e. The van der Waals surface area contributed by atoms with Crippen LogP contribution in [0.15, 0.2) is 24.4 Å². The van der Waals surface area contributed by atoms with Crippen molar-refractivity contribution in [1.29, 1.82) is 0 Å². The number of methoxy groups -OCH3 is 2. The van der Waals surface area contributed by atoms with Gasteiger partial charge in [-0.15, -0.1) is 0 Å². The van der Waals surface area contributed by atoms with E-state index in [0.29, 0.717) is 23.4 Å². The van der Waals surface area contributed by atoms with Crippen LogP contribution in [0.25, 0.3) is 10.9 Å². The average molecular weight is 345 g/mol. The Morgan fingerprint density at radius 2 is 1.76 bits per heavy atom. The predicted molar refractivity (Wildman–Crippen MR) is 88.2 cm³/mol. The van der Waals surface area contributed by atoms with Crippen molar-refractivity contribution >= 4 is 22.8 Å². The van der Waals surface area contributed by atoms with Crippen molar-refractivity contribution in [3.63, 3.8) is 0 Å². The van der Waals surface area contributed by atoms with Crippen LogP contribution in [0.2, 0.25) is 0 Å². The number of carbonyl (C=O) groups is 2. The van der Waals surface area contributed by atoms with E-state index in [1.807, 2.05) is 0 Å². The van der Waals surface area contributed by atoms with Gasteiger partial charge in [0.15, 0.2) is 11.5 Å². The van der Waals surface area contributed by atoms with Gasteiger partial charge in [-0.25, -0.2) is 0 Å². The number of hydrogen-bond donors (Lipinski definition) is 1. The van der Waals surface area contributed by atoms with Crippen LogP contribution in [0.5, 0.6) is 11.5 Å². The Bertz CT molecular complexity index is 857. The fourth-order valence-electron chi connectivity index (χ4n) is 4.12. The van der Waals surface area contributed by atoms with Gasteiger partial charge in [-0.05, 0) is 25.0 Å². The van der Waals surface area contributed by atoms with E-state index in [1.54, 1.807) is 31.5 Å². The Morgan fingerprint density at radius 3 is 2.40 bits per heavy atom. The van der Waals surface area contributed by atoms with Gasteiger partial charge >= 0.3 is 5.97 Å². The standard InChI is InChI=1S/C18H19NO6/c1-23-13-7-9-5-6-19(10(9)8-14(13)24-2)17(20)15-11-3-4-12(25-11)16(15)18(21)22/h5-8,11-12,15-16H,3-4H2,1-2H3,(H,21,22)/t11-,12+,15-,16+/m1/s1. The molecule has 0 aliphatic carbocycles. The number of fused-ring (bicyclic) bond motifs is 3. The molecule has 3 heterocycles. The van der Waals surface area contributed by atoms with Gasteiger partial charge in [-0.3, -0.25) is 14.2 Å². The number of benzene rings is 1. The molecule has 0 saturated carbocycles. The monoisotopic (exact) mass is 345 g/mol. The van der Waals surface area contributed by atoms with Crippen LogP contribution in [0.3, 0.4) is 0 Å². The molecule has 4 rings (SSSR count). The van der Waals surface area contributed by atoms with Crippen molar-refractivity contribution in [1.82, 2.24) is 4.57 Å². The van der Waals surface area contributed by atoms with E-state index in [-0.39, 0.29) is 18.1 Å². The maximum atomic E-state index is 13.1. The molecule has 25 heavy (non-hydrogen) atoms. The van der Waals surface area contributed by atoms with Crippen LogP contribution >= 0.6 is 0 Å². The number of aliphatic carboxylic acids is 1. The molecule has 0 amide bonds.